The molecule has 226 valence electrons. The summed E-state index contributed by atoms with van der Waals surface area (Å²) >= 11 is 6.48. The van der Waals surface area contributed by atoms with Crippen LogP contribution in [0.2, 0.25) is 5.02 Å². The Morgan fingerprint density at radius 2 is 1.98 bits per heavy atom. The van der Waals surface area contributed by atoms with Gasteiger partial charge in [0.2, 0.25) is 11.9 Å². The number of aryl methyl sites for hydroxylation is 1. The Morgan fingerprint density at radius 3 is 2.60 bits per heavy atom. The molecule has 0 bridgehead atoms. The Bertz CT molecular complexity index is 1440. The summed E-state index contributed by atoms with van der Waals surface area (Å²) in [5.41, 5.74) is 3.41. The molecule has 1 atom stereocenters. The second-order valence-electron chi connectivity index (χ2n) is 11.3. The minimum absolute atomic E-state index is 0.272. The van der Waals surface area contributed by atoms with Gasteiger partial charge in [-0.15, -0.1) is 0 Å². The first-order valence-electron chi connectivity index (χ1n) is 14.0. The Kier molecular flexibility index (Phi) is 10.0. The van der Waals surface area contributed by atoms with E-state index in [1.165, 1.54) is 12.3 Å². The van der Waals surface area contributed by atoms with Crippen LogP contribution >= 0.6 is 18.7 Å². The Hall–Kier alpha value is -3.33. The summed E-state index contributed by atoms with van der Waals surface area (Å²) in [6.45, 7) is 10.8. The number of carbonyl (C=O) groups is 1. The predicted octanol–water partition coefficient (Wildman–Crippen LogP) is 4.68. The summed E-state index contributed by atoms with van der Waals surface area (Å²) in [5.74, 6) is 1.13. The topological polar surface area (TPSA) is 112 Å². The summed E-state index contributed by atoms with van der Waals surface area (Å²) in [6.07, 6.45) is 7.25. The number of hydrogen-bond donors (Lipinski definition) is 3. The molecule has 4 rings (SSSR count). The number of allylic oxidation sites excluding steroid dienone is 1. The zero-order chi connectivity index (χ0) is 30.6. The number of carbonyl (C=O) groups excluding carboxylic acids is 1. The first-order chi connectivity index (χ1) is 19.9. The van der Waals surface area contributed by atoms with Gasteiger partial charge in [0.05, 0.1) is 30.7 Å². The molecule has 0 saturated carbocycles. The van der Waals surface area contributed by atoms with Crippen LogP contribution in [0.15, 0.2) is 60.3 Å². The van der Waals surface area contributed by atoms with Gasteiger partial charge in [0.1, 0.15) is 17.9 Å². The van der Waals surface area contributed by atoms with Crippen molar-refractivity contribution in [2.75, 3.05) is 58.3 Å². The summed E-state index contributed by atoms with van der Waals surface area (Å²) < 4.78 is 18.8. The molecule has 1 saturated heterocycles. The Labute approximate surface area is 253 Å². The lowest BCUT2D eigenvalue weighted by Crippen LogP contribution is -2.43. The molecule has 2 aromatic rings. The monoisotopic (exact) mass is 613 g/mol. The van der Waals surface area contributed by atoms with Crippen molar-refractivity contribution < 1.29 is 14.1 Å². The first kappa shape index (κ1) is 31.6. The van der Waals surface area contributed by atoms with Gasteiger partial charge in [0.15, 0.2) is 5.82 Å². The van der Waals surface area contributed by atoms with E-state index in [2.05, 4.69) is 56.4 Å². The maximum Gasteiger partial charge on any atom is 0.247 e. The molecule has 1 amide bonds. The lowest BCUT2D eigenvalue weighted by molar-refractivity contribution is -0.115. The smallest absolute Gasteiger partial charge is 0.247 e. The zero-order valence-corrected chi connectivity index (χ0v) is 26.9. The lowest BCUT2D eigenvalue weighted by Gasteiger charge is -2.39. The third-order valence-electron chi connectivity index (χ3n) is 7.60. The highest BCUT2D eigenvalue weighted by Gasteiger charge is 2.31. The van der Waals surface area contributed by atoms with E-state index >= 15 is 0 Å². The number of halogens is 1. The summed E-state index contributed by atoms with van der Waals surface area (Å²) in [6, 6.07) is 5.92. The van der Waals surface area contributed by atoms with Gasteiger partial charge < -0.3 is 35.1 Å². The minimum atomic E-state index is -2.58. The quantitative estimate of drug-likeness (QED) is 0.260. The van der Waals surface area contributed by atoms with Crippen LogP contribution in [0, 0.1) is 6.92 Å². The number of nitrogens with one attached hydrogen (secondary N) is 3. The van der Waals surface area contributed by atoms with Gasteiger partial charge in [-0.3, -0.25) is 4.79 Å². The second kappa shape index (κ2) is 13.3. The zero-order valence-electron chi connectivity index (χ0n) is 25.2. The number of methoxy groups -OCH3 is 1. The fourth-order valence-corrected chi connectivity index (χ4v) is 6.64. The van der Waals surface area contributed by atoms with Crippen LogP contribution < -0.4 is 21.3 Å². The van der Waals surface area contributed by atoms with Crippen LogP contribution in [0.3, 0.4) is 0 Å². The molecule has 42 heavy (non-hydrogen) atoms. The number of rotatable bonds is 10. The number of amides is 1. The van der Waals surface area contributed by atoms with E-state index < -0.39 is 7.14 Å². The Morgan fingerprint density at radius 1 is 1.26 bits per heavy atom. The van der Waals surface area contributed by atoms with E-state index in [-0.39, 0.29) is 11.9 Å². The van der Waals surface area contributed by atoms with Gasteiger partial charge in [-0.05, 0) is 65.4 Å². The summed E-state index contributed by atoms with van der Waals surface area (Å²) in [4.78, 5) is 26.0. The van der Waals surface area contributed by atoms with Crippen LogP contribution in [0.4, 0.5) is 17.5 Å². The van der Waals surface area contributed by atoms with Crippen LogP contribution in [-0.2, 0) is 14.1 Å². The van der Waals surface area contributed by atoms with Crippen LogP contribution in [0.1, 0.15) is 24.8 Å². The van der Waals surface area contributed by atoms with Crippen molar-refractivity contribution in [3.05, 3.63) is 70.9 Å². The molecule has 0 radical (unpaired) electrons. The third-order valence-corrected chi connectivity index (χ3v) is 9.41. The molecule has 2 heterocycles. The SMILES string of the molecule is C=CC(=O)NC1=C(N2CCC(N(C)C)CC2)C=C(OC)C(Nc2ncc(Cl)c(Nc3ccc(C)cc3P(C)(C)=O)n2)C1. The average molecular weight is 614 g/mol. The van der Waals surface area contributed by atoms with Gasteiger partial charge in [-0.2, -0.15) is 4.98 Å². The molecular weight excluding hydrogens is 573 g/mol. The van der Waals surface area contributed by atoms with Gasteiger partial charge in [-0.25, -0.2) is 4.98 Å². The number of piperidine rings is 1. The number of anilines is 3. The minimum Gasteiger partial charge on any atom is -0.499 e. The first-order valence-corrected chi connectivity index (χ1v) is 16.9. The van der Waals surface area contributed by atoms with Gasteiger partial charge in [0.25, 0.3) is 0 Å². The number of aromatic nitrogens is 2. The van der Waals surface area contributed by atoms with Crippen LogP contribution in [0.25, 0.3) is 0 Å². The van der Waals surface area contributed by atoms with Crippen molar-refractivity contribution >= 4 is 47.4 Å². The Balaban J connectivity index is 1.60. The molecule has 1 aliphatic heterocycles. The fraction of sp³-hybridized carbons (Fsp3) is 0.433. The molecule has 1 unspecified atom stereocenters. The van der Waals surface area contributed by atoms with E-state index in [0.29, 0.717) is 40.7 Å². The molecular formula is C30H41ClN7O3P. The van der Waals surface area contributed by atoms with Crippen molar-refractivity contribution in [3.63, 3.8) is 0 Å². The number of nitrogens with zero attached hydrogens (tertiary/aromatic N) is 4. The summed E-state index contributed by atoms with van der Waals surface area (Å²) in [7, 11) is 3.28. The van der Waals surface area contributed by atoms with Crippen molar-refractivity contribution in [2.24, 2.45) is 0 Å². The number of hydrogen-bond acceptors (Lipinski definition) is 9. The van der Waals surface area contributed by atoms with Crippen LogP contribution in [0.5, 0.6) is 0 Å². The highest BCUT2D eigenvalue weighted by atomic mass is 35.5. The normalized spacial score (nSPS) is 18.0. The lowest BCUT2D eigenvalue weighted by atomic mass is 9.97. The molecule has 2 aliphatic rings. The maximum atomic E-state index is 13.0. The van der Waals surface area contributed by atoms with Crippen molar-refractivity contribution in [1.29, 1.82) is 0 Å². The highest BCUT2D eigenvalue weighted by molar-refractivity contribution is 7.70. The molecule has 12 heteroatoms. The van der Waals surface area contributed by atoms with E-state index in [4.69, 9.17) is 16.3 Å². The van der Waals surface area contributed by atoms with Crippen molar-refractivity contribution in [1.82, 2.24) is 25.1 Å². The second-order valence-corrected chi connectivity index (χ2v) is 14.9. The van der Waals surface area contributed by atoms with Crippen LogP contribution in [-0.4, -0.2) is 85.4 Å². The van der Waals surface area contributed by atoms with E-state index in [1.807, 2.05) is 31.2 Å². The number of likely N-dealkylation sites (tertiary alicyclic amines) is 1. The molecule has 1 aromatic heterocycles. The molecule has 0 spiro atoms. The van der Waals surface area contributed by atoms with E-state index in [9.17, 15) is 9.36 Å². The van der Waals surface area contributed by atoms with Gasteiger partial charge >= 0.3 is 0 Å². The van der Waals surface area contributed by atoms with E-state index in [1.54, 1.807) is 20.4 Å². The predicted molar refractivity (Wildman–Crippen MR) is 171 cm³/mol. The standard InChI is InChI=1S/C30H41ClN7O3P/c1-8-28(39)33-23-16-24(26(41-5)17-25(23)38-13-11-20(12-14-38)37(3)4)35-30-32-18-21(31)29(36-30)34-22-10-9-19(2)15-27(22)42(6,7)40/h8-10,15,17-18,20,24H,1,11-14,16H2,2-7H3,(H,33,39)(H2,32,34,35,36). The van der Waals surface area contributed by atoms with Crippen molar-refractivity contribution in [3.8, 4) is 0 Å². The summed E-state index contributed by atoms with van der Waals surface area (Å²) in [5, 5.41) is 10.7. The fourth-order valence-electron chi connectivity index (χ4n) is 5.28. The maximum absolute atomic E-state index is 13.0. The molecule has 1 aromatic carbocycles. The van der Waals surface area contributed by atoms with Crippen molar-refractivity contribution in [2.45, 2.75) is 38.3 Å². The third kappa shape index (κ3) is 7.54. The molecule has 1 fully saturated rings. The van der Waals surface area contributed by atoms with E-state index in [0.717, 1.165) is 48.2 Å². The van der Waals surface area contributed by atoms with Gasteiger partial charge in [0, 0.05) is 42.6 Å². The molecule has 1 aliphatic carbocycles. The highest BCUT2D eigenvalue weighted by Crippen LogP contribution is 2.39. The largest absolute Gasteiger partial charge is 0.499 e. The van der Waals surface area contributed by atoms with Gasteiger partial charge in [-0.1, -0.05) is 29.8 Å². The molecule has 3 N–H and O–H groups in total. The average Bonchev–Trinajstić information content (AvgIpc) is 2.95. The number of ether oxygens (including phenoxy) is 1. The molecule has 10 nitrogen and oxygen atoms in total. The number of benzene rings is 1.